The normalized spacial score (nSPS) is 11.4. The number of nitrogens with zero attached hydrogens (tertiary/aromatic N) is 2. The molecule has 4 heteroatoms. The van der Waals surface area contributed by atoms with Crippen molar-refractivity contribution in [1.82, 2.24) is 9.97 Å². The van der Waals surface area contributed by atoms with Crippen molar-refractivity contribution in [3.8, 4) is 74.1 Å². The molecule has 0 aliphatic heterocycles. The van der Waals surface area contributed by atoms with Gasteiger partial charge in [0.15, 0.2) is 0 Å². The van der Waals surface area contributed by atoms with Gasteiger partial charge in [-0.05, 0) is 80.6 Å². The summed E-state index contributed by atoms with van der Waals surface area (Å²) in [6.07, 6.45) is 7.48. The molecular formula is C44H39N2OPt-. The third kappa shape index (κ3) is 7.51. The SMILES string of the molecule is C#Cc1cccc(-c2ccnc(-c3[c-]c(-c4cc(-c5cc(C(C)(C)C)cc(C(C)(C)C)c5)cc(-c5ccccc5O)n4)ccc3)c2)c1.[Pt]. The summed E-state index contributed by atoms with van der Waals surface area (Å²) in [4.78, 5) is 9.79. The van der Waals surface area contributed by atoms with E-state index in [9.17, 15) is 5.11 Å². The fourth-order valence-electron chi connectivity index (χ4n) is 5.64. The molecule has 0 saturated carbocycles. The van der Waals surface area contributed by atoms with Gasteiger partial charge in [-0.25, -0.2) is 0 Å². The summed E-state index contributed by atoms with van der Waals surface area (Å²) in [5.74, 6) is 2.91. The van der Waals surface area contributed by atoms with Gasteiger partial charge < -0.3 is 5.11 Å². The number of benzene rings is 4. The second-order valence-electron chi connectivity index (χ2n) is 14.1. The molecule has 0 spiro atoms. The van der Waals surface area contributed by atoms with Crippen LogP contribution in [0.25, 0.3) is 56.0 Å². The summed E-state index contributed by atoms with van der Waals surface area (Å²) < 4.78 is 0. The van der Waals surface area contributed by atoms with Gasteiger partial charge >= 0.3 is 0 Å². The zero-order valence-corrected chi connectivity index (χ0v) is 30.5. The van der Waals surface area contributed by atoms with Crippen molar-refractivity contribution >= 4 is 0 Å². The first kappa shape index (κ1) is 34.6. The van der Waals surface area contributed by atoms with Crippen molar-refractivity contribution in [2.45, 2.75) is 52.4 Å². The van der Waals surface area contributed by atoms with Crippen LogP contribution in [0.15, 0.2) is 115 Å². The Labute approximate surface area is 299 Å². The number of aromatic hydroxyl groups is 1. The van der Waals surface area contributed by atoms with Crippen LogP contribution in [0.1, 0.15) is 58.2 Å². The smallest absolute Gasteiger partial charge is 0.124 e. The number of phenols is 1. The maximum absolute atomic E-state index is 10.9. The Morgan fingerprint density at radius 1 is 0.604 bits per heavy atom. The summed E-state index contributed by atoms with van der Waals surface area (Å²) in [6.45, 7) is 13.5. The van der Waals surface area contributed by atoms with Crippen LogP contribution >= 0.6 is 0 Å². The van der Waals surface area contributed by atoms with Gasteiger partial charge in [0.1, 0.15) is 5.75 Å². The van der Waals surface area contributed by atoms with Gasteiger partial charge in [0.05, 0.1) is 5.69 Å². The van der Waals surface area contributed by atoms with Crippen LogP contribution in [0.4, 0.5) is 0 Å². The topological polar surface area (TPSA) is 46.0 Å². The predicted molar refractivity (Wildman–Crippen MR) is 195 cm³/mol. The second-order valence-corrected chi connectivity index (χ2v) is 14.1. The van der Waals surface area contributed by atoms with Crippen molar-refractivity contribution in [2.75, 3.05) is 0 Å². The molecule has 4 aromatic carbocycles. The van der Waals surface area contributed by atoms with Crippen LogP contribution in [-0.4, -0.2) is 15.1 Å². The Kier molecular flexibility index (Phi) is 9.91. The van der Waals surface area contributed by atoms with E-state index in [0.29, 0.717) is 11.3 Å². The molecule has 0 radical (unpaired) electrons. The number of terminal acetylenes is 1. The van der Waals surface area contributed by atoms with E-state index in [4.69, 9.17) is 16.4 Å². The van der Waals surface area contributed by atoms with Crippen LogP contribution in [0, 0.1) is 18.4 Å². The number of hydrogen-bond donors (Lipinski definition) is 1. The average molecular weight is 807 g/mol. The zero-order chi connectivity index (χ0) is 33.3. The minimum Gasteiger partial charge on any atom is -0.507 e. The number of rotatable bonds is 5. The first-order valence-electron chi connectivity index (χ1n) is 15.9. The molecule has 0 atom stereocenters. The molecule has 0 aliphatic rings. The summed E-state index contributed by atoms with van der Waals surface area (Å²) in [5.41, 5.74) is 12.2. The molecule has 6 aromatic rings. The third-order valence-electron chi connectivity index (χ3n) is 8.47. The Balaban J connectivity index is 0.00000451. The van der Waals surface area contributed by atoms with Crippen molar-refractivity contribution in [2.24, 2.45) is 0 Å². The quantitative estimate of drug-likeness (QED) is 0.139. The van der Waals surface area contributed by atoms with E-state index >= 15 is 0 Å². The Bertz CT molecular complexity index is 2110. The van der Waals surface area contributed by atoms with E-state index in [1.54, 1.807) is 6.07 Å². The van der Waals surface area contributed by atoms with Crippen molar-refractivity contribution in [3.05, 3.63) is 138 Å². The van der Waals surface area contributed by atoms with Crippen LogP contribution in [0.5, 0.6) is 5.75 Å². The van der Waals surface area contributed by atoms with Crippen molar-refractivity contribution < 1.29 is 26.2 Å². The maximum atomic E-state index is 10.9. The summed E-state index contributed by atoms with van der Waals surface area (Å²) in [5, 5.41) is 10.9. The monoisotopic (exact) mass is 806 g/mol. The van der Waals surface area contributed by atoms with E-state index < -0.39 is 0 Å². The van der Waals surface area contributed by atoms with Crippen molar-refractivity contribution in [3.63, 3.8) is 0 Å². The van der Waals surface area contributed by atoms with Crippen LogP contribution in [0.3, 0.4) is 0 Å². The summed E-state index contributed by atoms with van der Waals surface area (Å²) in [7, 11) is 0. The molecule has 0 amide bonds. The second kappa shape index (κ2) is 13.8. The van der Waals surface area contributed by atoms with Crippen LogP contribution in [-0.2, 0) is 31.9 Å². The van der Waals surface area contributed by atoms with Gasteiger partial charge in [-0.3, -0.25) is 9.97 Å². The molecule has 1 N–H and O–H groups in total. The minimum absolute atomic E-state index is 0. The molecule has 0 fully saturated rings. The van der Waals surface area contributed by atoms with Crippen molar-refractivity contribution in [1.29, 1.82) is 0 Å². The molecule has 2 aromatic heterocycles. The van der Waals surface area contributed by atoms with E-state index in [0.717, 1.165) is 50.3 Å². The summed E-state index contributed by atoms with van der Waals surface area (Å²) in [6, 6.07) is 40.1. The van der Waals surface area contributed by atoms with Gasteiger partial charge in [-0.2, -0.15) is 0 Å². The molecule has 48 heavy (non-hydrogen) atoms. The first-order chi connectivity index (χ1) is 22.4. The first-order valence-corrected chi connectivity index (χ1v) is 15.9. The maximum Gasteiger partial charge on any atom is 0.124 e. The van der Waals surface area contributed by atoms with E-state index in [2.05, 4.69) is 96.0 Å². The number of phenolic OH excluding ortho intramolecular Hbond substituents is 1. The largest absolute Gasteiger partial charge is 0.507 e. The predicted octanol–water partition coefficient (Wildman–Crippen LogP) is 10.9. The molecule has 6 rings (SSSR count). The van der Waals surface area contributed by atoms with E-state index in [1.807, 2.05) is 66.9 Å². The van der Waals surface area contributed by atoms with Gasteiger partial charge in [0.25, 0.3) is 0 Å². The van der Waals surface area contributed by atoms with Crippen LogP contribution < -0.4 is 0 Å². The van der Waals surface area contributed by atoms with E-state index in [-0.39, 0.29) is 37.6 Å². The number of para-hydroxylation sites is 1. The molecule has 2 heterocycles. The standard InChI is InChI=1S/C44H39N2O.Pt/c1-8-29-13-11-14-30(21-29)31-19-20-45-39(25-31)32-15-12-16-33(22-32)40-26-35(27-41(46-40)38-17-9-10-18-42(38)47)34-23-36(43(2,3)4)28-37(24-34)44(5,6)7;/h1,9-21,23-28,47H,2-7H3;/q-1;. The number of aromatic nitrogens is 2. The molecule has 0 unspecified atom stereocenters. The van der Waals surface area contributed by atoms with Gasteiger partial charge in [0.2, 0.25) is 0 Å². The number of hydrogen-bond acceptors (Lipinski definition) is 3. The molecule has 242 valence electrons. The molecule has 0 bridgehead atoms. The number of pyridine rings is 2. The Morgan fingerprint density at radius 3 is 1.85 bits per heavy atom. The Morgan fingerprint density at radius 2 is 1.19 bits per heavy atom. The molecule has 3 nitrogen and oxygen atoms in total. The van der Waals surface area contributed by atoms with E-state index in [1.165, 1.54) is 11.1 Å². The summed E-state index contributed by atoms with van der Waals surface area (Å²) >= 11 is 0. The molecule has 0 saturated heterocycles. The van der Waals surface area contributed by atoms with Crippen LogP contribution in [0.2, 0.25) is 0 Å². The fraction of sp³-hybridized carbons (Fsp3) is 0.182. The average Bonchev–Trinajstić information content (AvgIpc) is 3.07. The molecular weight excluding hydrogens is 768 g/mol. The minimum atomic E-state index is -0.0296. The zero-order valence-electron chi connectivity index (χ0n) is 28.2. The third-order valence-corrected chi connectivity index (χ3v) is 8.47. The van der Waals surface area contributed by atoms with Gasteiger partial charge in [-0.15, -0.1) is 30.7 Å². The molecule has 0 aliphatic carbocycles. The van der Waals surface area contributed by atoms with Gasteiger partial charge in [0, 0.05) is 49.8 Å². The fourth-order valence-corrected chi connectivity index (χ4v) is 5.64. The van der Waals surface area contributed by atoms with Gasteiger partial charge in [-0.1, -0.05) is 113 Å². The Hall–Kier alpha value is -4.77.